The highest BCUT2D eigenvalue weighted by Gasteiger charge is 2.18. The molecule has 0 saturated carbocycles. The molecule has 0 aliphatic carbocycles. The Labute approximate surface area is 112 Å². The van der Waals surface area contributed by atoms with Crippen LogP contribution in [0, 0.1) is 0 Å². The van der Waals surface area contributed by atoms with Gasteiger partial charge in [-0.3, -0.25) is 4.98 Å². The maximum absolute atomic E-state index is 4.13. The normalized spacial score (nSPS) is 19.5. The lowest BCUT2D eigenvalue weighted by Gasteiger charge is -2.28. The van der Waals surface area contributed by atoms with Crippen molar-refractivity contribution in [1.29, 1.82) is 0 Å². The van der Waals surface area contributed by atoms with Crippen LogP contribution < -0.4 is 10.2 Å². The standard InChI is InChI=1S/C13H20BrN3/c1-2-8-17(10-11-4-3-6-16-11)13-5-7-15-9-12(13)14/h5,7,9,11,16H,2-4,6,8,10H2,1H3. The molecule has 1 atom stereocenters. The Morgan fingerprint density at radius 3 is 3.12 bits per heavy atom. The van der Waals surface area contributed by atoms with Crippen molar-refractivity contribution in [2.75, 3.05) is 24.5 Å². The van der Waals surface area contributed by atoms with E-state index >= 15 is 0 Å². The van der Waals surface area contributed by atoms with Gasteiger partial charge >= 0.3 is 0 Å². The Kier molecular flexibility index (Phi) is 4.80. The summed E-state index contributed by atoms with van der Waals surface area (Å²) < 4.78 is 1.09. The largest absolute Gasteiger partial charge is 0.369 e. The summed E-state index contributed by atoms with van der Waals surface area (Å²) in [5, 5.41) is 3.56. The van der Waals surface area contributed by atoms with Crippen LogP contribution in [0.1, 0.15) is 26.2 Å². The number of hydrogen-bond acceptors (Lipinski definition) is 3. The topological polar surface area (TPSA) is 28.2 Å². The van der Waals surface area contributed by atoms with E-state index in [1.54, 1.807) is 0 Å². The van der Waals surface area contributed by atoms with Gasteiger partial charge in [0, 0.05) is 31.5 Å². The molecular formula is C13H20BrN3. The molecule has 1 aliphatic heterocycles. The zero-order valence-corrected chi connectivity index (χ0v) is 11.9. The van der Waals surface area contributed by atoms with E-state index in [1.165, 1.54) is 31.5 Å². The van der Waals surface area contributed by atoms with Gasteiger partial charge < -0.3 is 10.2 Å². The zero-order chi connectivity index (χ0) is 12.1. The van der Waals surface area contributed by atoms with E-state index in [0.717, 1.165) is 17.6 Å². The first-order valence-electron chi connectivity index (χ1n) is 6.39. The predicted octanol–water partition coefficient (Wildman–Crippen LogP) is 2.81. The summed E-state index contributed by atoms with van der Waals surface area (Å²) in [7, 11) is 0. The van der Waals surface area contributed by atoms with Crippen molar-refractivity contribution in [3.8, 4) is 0 Å². The quantitative estimate of drug-likeness (QED) is 0.906. The van der Waals surface area contributed by atoms with Gasteiger partial charge in [0.05, 0.1) is 10.2 Å². The highest BCUT2D eigenvalue weighted by molar-refractivity contribution is 9.10. The molecule has 17 heavy (non-hydrogen) atoms. The lowest BCUT2D eigenvalue weighted by Crippen LogP contribution is -2.38. The monoisotopic (exact) mass is 297 g/mol. The SMILES string of the molecule is CCCN(CC1CCCN1)c1ccncc1Br. The number of aromatic nitrogens is 1. The van der Waals surface area contributed by atoms with Crippen LogP contribution in [0.3, 0.4) is 0 Å². The van der Waals surface area contributed by atoms with Crippen LogP contribution in [0.4, 0.5) is 5.69 Å². The maximum Gasteiger partial charge on any atom is 0.0592 e. The van der Waals surface area contributed by atoms with Gasteiger partial charge in [-0.15, -0.1) is 0 Å². The van der Waals surface area contributed by atoms with E-state index in [0.29, 0.717) is 6.04 Å². The smallest absolute Gasteiger partial charge is 0.0592 e. The summed E-state index contributed by atoms with van der Waals surface area (Å²) in [4.78, 5) is 6.58. The lowest BCUT2D eigenvalue weighted by atomic mass is 10.2. The van der Waals surface area contributed by atoms with Crippen molar-refractivity contribution < 1.29 is 0 Å². The number of nitrogens with zero attached hydrogens (tertiary/aromatic N) is 2. The molecule has 94 valence electrons. The van der Waals surface area contributed by atoms with Gasteiger partial charge in [0.15, 0.2) is 0 Å². The van der Waals surface area contributed by atoms with E-state index in [9.17, 15) is 0 Å². The molecule has 0 amide bonds. The molecule has 1 saturated heterocycles. The second-order valence-corrected chi connectivity index (χ2v) is 5.42. The minimum absolute atomic E-state index is 0.640. The molecule has 1 aromatic heterocycles. The first-order valence-corrected chi connectivity index (χ1v) is 7.18. The number of pyridine rings is 1. The minimum atomic E-state index is 0.640. The molecule has 1 aliphatic rings. The second-order valence-electron chi connectivity index (χ2n) is 4.57. The molecule has 2 heterocycles. The molecule has 0 spiro atoms. The van der Waals surface area contributed by atoms with Crippen molar-refractivity contribution >= 4 is 21.6 Å². The minimum Gasteiger partial charge on any atom is -0.369 e. The Hall–Kier alpha value is -0.610. The summed E-state index contributed by atoms with van der Waals surface area (Å²) in [6, 6.07) is 2.73. The van der Waals surface area contributed by atoms with E-state index in [2.05, 4.69) is 44.1 Å². The van der Waals surface area contributed by atoms with Gasteiger partial charge in [0.1, 0.15) is 0 Å². The molecule has 2 rings (SSSR count). The van der Waals surface area contributed by atoms with Crippen LogP contribution in [0.15, 0.2) is 22.9 Å². The van der Waals surface area contributed by atoms with E-state index in [-0.39, 0.29) is 0 Å². The molecule has 3 nitrogen and oxygen atoms in total. The predicted molar refractivity (Wildman–Crippen MR) is 75.5 cm³/mol. The fourth-order valence-corrected chi connectivity index (χ4v) is 2.88. The average Bonchev–Trinajstić information content (AvgIpc) is 2.82. The van der Waals surface area contributed by atoms with Crippen molar-refractivity contribution in [2.24, 2.45) is 0 Å². The van der Waals surface area contributed by atoms with Crippen LogP contribution in [0.25, 0.3) is 0 Å². The first kappa shape index (κ1) is 12.8. The Morgan fingerprint density at radius 2 is 2.47 bits per heavy atom. The van der Waals surface area contributed by atoms with Gasteiger partial charge in [-0.2, -0.15) is 0 Å². The Balaban J connectivity index is 2.08. The highest BCUT2D eigenvalue weighted by Crippen LogP contribution is 2.25. The van der Waals surface area contributed by atoms with Crippen LogP contribution in [-0.2, 0) is 0 Å². The number of nitrogens with one attached hydrogen (secondary N) is 1. The van der Waals surface area contributed by atoms with Gasteiger partial charge in [-0.1, -0.05) is 6.92 Å². The molecule has 0 aromatic carbocycles. The van der Waals surface area contributed by atoms with Gasteiger partial charge in [0.2, 0.25) is 0 Å². The fourth-order valence-electron chi connectivity index (χ4n) is 2.38. The second kappa shape index (κ2) is 6.36. The Bertz CT molecular complexity index is 350. The third-order valence-electron chi connectivity index (χ3n) is 3.19. The molecule has 1 fully saturated rings. The molecule has 1 N–H and O–H groups in total. The Morgan fingerprint density at radius 1 is 1.59 bits per heavy atom. The first-order chi connectivity index (χ1) is 8.31. The summed E-state index contributed by atoms with van der Waals surface area (Å²) in [5.74, 6) is 0. The highest BCUT2D eigenvalue weighted by atomic mass is 79.9. The molecule has 0 radical (unpaired) electrons. The number of anilines is 1. The summed E-state index contributed by atoms with van der Waals surface area (Å²) in [6.45, 7) is 5.59. The van der Waals surface area contributed by atoms with Crippen LogP contribution in [0.2, 0.25) is 0 Å². The summed E-state index contributed by atoms with van der Waals surface area (Å²) in [5.41, 5.74) is 1.26. The molecular weight excluding hydrogens is 278 g/mol. The maximum atomic E-state index is 4.13. The number of hydrogen-bond donors (Lipinski definition) is 1. The molecule has 0 bridgehead atoms. The summed E-state index contributed by atoms with van der Waals surface area (Å²) >= 11 is 3.59. The van der Waals surface area contributed by atoms with E-state index in [1.807, 2.05) is 12.4 Å². The molecule has 4 heteroatoms. The van der Waals surface area contributed by atoms with Crippen LogP contribution in [-0.4, -0.2) is 30.7 Å². The van der Waals surface area contributed by atoms with Crippen molar-refractivity contribution in [3.05, 3.63) is 22.9 Å². The van der Waals surface area contributed by atoms with E-state index in [4.69, 9.17) is 0 Å². The van der Waals surface area contributed by atoms with E-state index < -0.39 is 0 Å². The van der Waals surface area contributed by atoms with Gasteiger partial charge in [-0.05, 0) is 47.8 Å². The third kappa shape index (κ3) is 3.42. The van der Waals surface area contributed by atoms with Crippen molar-refractivity contribution in [3.63, 3.8) is 0 Å². The van der Waals surface area contributed by atoms with Crippen molar-refractivity contribution in [2.45, 2.75) is 32.2 Å². The number of rotatable bonds is 5. The average molecular weight is 298 g/mol. The number of halogens is 1. The van der Waals surface area contributed by atoms with Crippen molar-refractivity contribution in [1.82, 2.24) is 10.3 Å². The fraction of sp³-hybridized carbons (Fsp3) is 0.615. The van der Waals surface area contributed by atoms with Gasteiger partial charge in [0.25, 0.3) is 0 Å². The van der Waals surface area contributed by atoms with Gasteiger partial charge in [-0.25, -0.2) is 0 Å². The third-order valence-corrected chi connectivity index (χ3v) is 3.80. The molecule has 1 unspecified atom stereocenters. The molecule has 1 aromatic rings. The lowest BCUT2D eigenvalue weighted by molar-refractivity contribution is 0.578. The zero-order valence-electron chi connectivity index (χ0n) is 10.3. The summed E-state index contributed by atoms with van der Waals surface area (Å²) in [6.07, 6.45) is 7.51. The van der Waals surface area contributed by atoms with Crippen LogP contribution >= 0.6 is 15.9 Å². The van der Waals surface area contributed by atoms with Crippen LogP contribution in [0.5, 0.6) is 0 Å².